The van der Waals surface area contributed by atoms with E-state index in [0.717, 1.165) is 25.7 Å². The summed E-state index contributed by atoms with van der Waals surface area (Å²) >= 11 is 0. The van der Waals surface area contributed by atoms with Crippen LogP contribution < -0.4 is 22.1 Å². The predicted octanol–water partition coefficient (Wildman–Crippen LogP) is 0.170. The first-order valence-corrected chi connectivity index (χ1v) is 7.60. The number of anilines is 1. The first-order valence-electron chi connectivity index (χ1n) is 7.60. The molecular weight excluding hydrogens is 282 g/mol. The minimum Gasteiger partial charge on any atom is -0.384 e. The van der Waals surface area contributed by atoms with Crippen molar-refractivity contribution in [3.63, 3.8) is 0 Å². The van der Waals surface area contributed by atoms with Crippen molar-refractivity contribution in [1.29, 1.82) is 0 Å². The molecule has 0 radical (unpaired) electrons. The highest BCUT2D eigenvalue weighted by Gasteiger charge is 2.23. The van der Waals surface area contributed by atoms with Crippen molar-refractivity contribution in [2.75, 3.05) is 12.3 Å². The van der Waals surface area contributed by atoms with E-state index in [1.54, 1.807) is 12.1 Å². The number of amides is 2. The molecule has 1 aromatic heterocycles. The maximum Gasteiger partial charge on any atom is 0.251 e. The van der Waals surface area contributed by atoms with E-state index >= 15 is 0 Å². The Morgan fingerprint density at radius 3 is 2.41 bits per heavy atom. The normalized spacial score (nSPS) is 21.1. The zero-order valence-electron chi connectivity index (χ0n) is 12.5. The largest absolute Gasteiger partial charge is 0.384 e. The van der Waals surface area contributed by atoms with Gasteiger partial charge < -0.3 is 22.1 Å². The molecule has 1 aliphatic rings. The average Bonchev–Trinajstić information content (AvgIpc) is 2.49. The van der Waals surface area contributed by atoms with Crippen molar-refractivity contribution in [2.24, 2.45) is 5.73 Å². The molecular formula is C15H23N5O2. The van der Waals surface area contributed by atoms with Gasteiger partial charge in [0, 0.05) is 36.8 Å². The average molecular weight is 305 g/mol. The molecule has 1 heterocycles. The van der Waals surface area contributed by atoms with Crippen LogP contribution in [0.2, 0.25) is 0 Å². The third kappa shape index (κ3) is 4.70. The molecule has 0 unspecified atom stereocenters. The van der Waals surface area contributed by atoms with E-state index in [-0.39, 0.29) is 23.9 Å². The second-order valence-electron chi connectivity index (χ2n) is 5.60. The van der Waals surface area contributed by atoms with Gasteiger partial charge >= 0.3 is 0 Å². The number of pyridine rings is 1. The number of nitrogens with one attached hydrogen (secondary N) is 2. The molecule has 0 saturated heterocycles. The van der Waals surface area contributed by atoms with Gasteiger partial charge in [-0.25, -0.2) is 4.98 Å². The number of hydrogen-bond acceptors (Lipinski definition) is 5. The van der Waals surface area contributed by atoms with E-state index in [9.17, 15) is 9.59 Å². The molecule has 0 atom stereocenters. The number of nitrogens with zero attached hydrogens (tertiary/aromatic N) is 1. The molecule has 0 aromatic carbocycles. The third-order valence-electron chi connectivity index (χ3n) is 3.84. The van der Waals surface area contributed by atoms with Crippen LogP contribution in [0, 0.1) is 0 Å². The molecule has 6 N–H and O–H groups in total. The molecule has 120 valence electrons. The van der Waals surface area contributed by atoms with E-state index < -0.39 is 0 Å². The second-order valence-corrected chi connectivity index (χ2v) is 5.60. The van der Waals surface area contributed by atoms with Gasteiger partial charge in [-0.3, -0.25) is 9.59 Å². The van der Waals surface area contributed by atoms with E-state index in [0.29, 0.717) is 24.3 Å². The zero-order valence-corrected chi connectivity index (χ0v) is 12.5. The molecule has 1 saturated carbocycles. The molecule has 7 nitrogen and oxygen atoms in total. The van der Waals surface area contributed by atoms with Crippen LogP contribution in [0.5, 0.6) is 0 Å². The highest BCUT2D eigenvalue weighted by atomic mass is 16.2. The number of rotatable bonds is 5. The van der Waals surface area contributed by atoms with Crippen molar-refractivity contribution in [2.45, 2.75) is 44.2 Å². The Hall–Kier alpha value is -2.15. The lowest BCUT2D eigenvalue weighted by Gasteiger charge is -2.29. The van der Waals surface area contributed by atoms with Crippen LogP contribution in [0.15, 0.2) is 18.3 Å². The van der Waals surface area contributed by atoms with E-state index in [2.05, 4.69) is 15.6 Å². The summed E-state index contributed by atoms with van der Waals surface area (Å²) in [5.74, 6) is 0.200. The van der Waals surface area contributed by atoms with Gasteiger partial charge in [0.15, 0.2) is 0 Å². The van der Waals surface area contributed by atoms with E-state index in [4.69, 9.17) is 11.5 Å². The molecule has 2 amide bonds. The third-order valence-corrected chi connectivity index (χ3v) is 3.84. The van der Waals surface area contributed by atoms with Gasteiger partial charge in [-0.1, -0.05) is 0 Å². The lowest BCUT2D eigenvalue weighted by Crippen LogP contribution is -2.44. The summed E-state index contributed by atoms with van der Waals surface area (Å²) in [4.78, 5) is 27.5. The first-order chi connectivity index (χ1) is 10.6. The Kier molecular flexibility index (Phi) is 5.71. The molecule has 2 rings (SSSR count). The number of carbonyl (C=O) groups is 2. The fraction of sp³-hybridized carbons (Fsp3) is 0.533. The molecule has 0 spiro atoms. The summed E-state index contributed by atoms with van der Waals surface area (Å²) in [7, 11) is 0. The van der Waals surface area contributed by atoms with E-state index in [1.807, 2.05) is 0 Å². The summed E-state index contributed by atoms with van der Waals surface area (Å²) in [6.07, 6.45) is 5.30. The molecule has 22 heavy (non-hydrogen) atoms. The van der Waals surface area contributed by atoms with Crippen LogP contribution in [0.4, 0.5) is 5.82 Å². The van der Waals surface area contributed by atoms with Gasteiger partial charge in [-0.15, -0.1) is 0 Å². The molecule has 1 aromatic rings. The van der Waals surface area contributed by atoms with Crippen LogP contribution in [0.3, 0.4) is 0 Å². The van der Waals surface area contributed by atoms with Gasteiger partial charge in [-0.05, 0) is 37.8 Å². The Balaban J connectivity index is 1.77. The summed E-state index contributed by atoms with van der Waals surface area (Å²) in [5.41, 5.74) is 11.5. The predicted molar refractivity (Wildman–Crippen MR) is 84.0 cm³/mol. The van der Waals surface area contributed by atoms with Gasteiger partial charge in [0.2, 0.25) is 5.91 Å². The Morgan fingerprint density at radius 1 is 1.18 bits per heavy atom. The van der Waals surface area contributed by atoms with Crippen molar-refractivity contribution in [1.82, 2.24) is 15.6 Å². The van der Waals surface area contributed by atoms with Gasteiger partial charge in [0.05, 0.1) is 0 Å². The lowest BCUT2D eigenvalue weighted by molar-refractivity contribution is -0.121. The van der Waals surface area contributed by atoms with Crippen LogP contribution >= 0.6 is 0 Å². The molecule has 0 bridgehead atoms. The summed E-state index contributed by atoms with van der Waals surface area (Å²) in [6.45, 7) is 0.367. The second kappa shape index (κ2) is 7.74. The first kappa shape index (κ1) is 16.2. The monoisotopic (exact) mass is 305 g/mol. The van der Waals surface area contributed by atoms with Crippen molar-refractivity contribution in [3.8, 4) is 0 Å². The van der Waals surface area contributed by atoms with Crippen molar-refractivity contribution >= 4 is 17.6 Å². The number of nitrogens with two attached hydrogens (primary N) is 2. The van der Waals surface area contributed by atoms with Crippen LogP contribution in [0.25, 0.3) is 0 Å². The smallest absolute Gasteiger partial charge is 0.251 e. The quantitative estimate of drug-likeness (QED) is 0.617. The standard InChI is InChI=1S/C15H23N5O2/c16-7-5-14(21)19-11-1-3-12(4-2-11)20-15(22)10-6-8-18-13(17)9-10/h6,8-9,11-12H,1-5,7,16H2,(H2,17,18)(H,19,21)(H,20,22). The Labute approximate surface area is 129 Å². The minimum atomic E-state index is -0.135. The zero-order chi connectivity index (χ0) is 15.9. The highest BCUT2D eigenvalue weighted by molar-refractivity contribution is 5.94. The highest BCUT2D eigenvalue weighted by Crippen LogP contribution is 2.19. The Morgan fingerprint density at radius 2 is 1.82 bits per heavy atom. The van der Waals surface area contributed by atoms with Crippen LogP contribution in [-0.2, 0) is 4.79 Å². The maximum atomic E-state index is 12.1. The number of nitrogen functional groups attached to an aromatic ring is 1. The van der Waals surface area contributed by atoms with Crippen molar-refractivity contribution < 1.29 is 9.59 Å². The number of carbonyl (C=O) groups excluding carboxylic acids is 2. The van der Waals surface area contributed by atoms with Gasteiger partial charge in [0.1, 0.15) is 5.82 Å². The fourth-order valence-corrected chi connectivity index (χ4v) is 2.67. The fourth-order valence-electron chi connectivity index (χ4n) is 2.67. The van der Waals surface area contributed by atoms with Crippen LogP contribution in [0.1, 0.15) is 42.5 Å². The molecule has 1 fully saturated rings. The molecule has 7 heteroatoms. The van der Waals surface area contributed by atoms with Gasteiger partial charge in [0.25, 0.3) is 5.91 Å². The van der Waals surface area contributed by atoms with Gasteiger partial charge in [-0.2, -0.15) is 0 Å². The lowest BCUT2D eigenvalue weighted by atomic mass is 9.91. The van der Waals surface area contributed by atoms with Crippen molar-refractivity contribution in [3.05, 3.63) is 23.9 Å². The summed E-state index contributed by atoms with van der Waals surface area (Å²) < 4.78 is 0. The Bertz CT molecular complexity index is 526. The summed E-state index contributed by atoms with van der Waals surface area (Å²) in [6, 6.07) is 3.52. The topological polar surface area (TPSA) is 123 Å². The van der Waals surface area contributed by atoms with Crippen LogP contribution in [-0.4, -0.2) is 35.4 Å². The molecule has 1 aliphatic carbocycles. The number of hydrogen-bond donors (Lipinski definition) is 4. The van der Waals surface area contributed by atoms with E-state index in [1.165, 1.54) is 6.20 Å². The molecule has 0 aliphatic heterocycles. The summed E-state index contributed by atoms with van der Waals surface area (Å²) in [5, 5.41) is 5.98. The number of aromatic nitrogens is 1. The SMILES string of the molecule is NCCC(=O)NC1CCC(NC(=O)c2ccnc(N)c2)CC1. The maximum absolute atomic E-state index is 12.1. The minimum absolute atomic E-state index is 0.00208.